The van der Waals surface area contributed by atoms with Gasteiger partial charge >= 0.3 is 0 Å². The van der Waals surface area contributed by atoms with Crippen molar-refractivity contribution < 1.29 is 4.74 Å². The molecule has 0 bridgehead atoms. The van der Waals surface area contributed by atoms with Crippen LogP contribution < -0.4 is 5.73 Å². The van der Waals surface area contributed by atoms with Crippen LogP contribution in [-0.2, 0) is 4.74 Å². The number of ether oxygens (including phenoxy) is 1. The molecule has 0 aliphatic carbocycles. The molecular formula is C8H15NO. The molecule has 2 heteroatoms. The van der Waals surface area contributed by atoms with Gasteiger partial charge in [0.05, 0.1) is 6.10 Å². The lowest BCUT2D eigenvalue weighted by molar-refractivity contribution is 0.0786. The first kappa shape index (κ1) is 9.48. The zero-order valence-corrected chi connectivity index (χ0v) is 6.63. The van der Waals surface area contributed by atoms with E-state index in [1.807, 2.05) is 6.92 Å². The van der Waals surface area contributed by atoms with Crippen LogP contribution >= 0.6 is 0 Å². The van der Waals surface area contributed by atoms with Gasteiger partial charge in [-0.25, -0.2) is 0 Å². The molecule has 0 aromatic heterocycles. The number of hydrogen-bond acceptors (Lipinski definition) is 2. The first-order chi connectivity index (χ1) is 4.76. The van der Waals surface area contributed by atoms with Crippen LogP contribution in [0.15, 0.2) is 0 Å². The third-order valence-electron chi connectivity index (χ3n) is 1.54. The van der Waals surface area contributed by atoms with Crippen molar-refractivity contribution in [2.75, 3.05) is 7.11 Å². The standard InChI is InChI=1S/C8H15NO/c1-4-6-7(9)8(5-2)10-3/h1,7-8H,5-6,9H2,2-3H3. The molecule has 58 valence electrons. The van der Waals surface area contributed by atoms with Crippen molar-refractivity contribution in [1.82, 2.24) is 0 Å². The molecule has 0 radical (unpaired) electrons. The molecule has 2 atom stereocenters. The lowest BCUT2D eigenvalue weighted by Crippen LogP contribution is -2.35. The molecular weight excluding hydrogens is 126 g/mol. The molecule has 2 nitrogen and oxygen atoms in total. The van der Waals surface area contributed by atoms with Gasteiger partial charge in [-0.3, -0.25) is 0 Å². The van der Waals surface area contributed by atoms with Crippen molar-refractivity contribution in [2.24, 2.45) is 5.73 Å². The van der Waals surface area contributed by atoms with Crippen molar-refractivity contribution in [2.45, 2.75) is 31.9 Å². The van der Waals surface area contributed by atoms with Crippen molar-refractivity contribution in [3.8, 4) is 12.3 Å². The van der Waals surface area contributed by atoms with E-state index in [1.165, 1.54) is 0 Å². The van der Waals surface area contributed by atoms with E-state index in [9.17, 15) is 0 Å². The van der Waals surface area contributed by atoms with E-state index >= 15 is 0 Å². The van der Waals surface area contributed by atoms with Crippen molar-refractivity contribution >= 4 is 0 Å². The lowest BCUT2D eigenvalue weighted by Gasteiger charge is -2.18. The molecule has 0 rings (SSSR count). The third kappa shape index (κ3) is 2.86. The minimum absolute atomic E-state index is 0.0139. The van der Waals surface area contributed by atoms with Crippen LogP contribution in [0.2, 0.25) is 0 Å². The van der Waals surface area contributed by atoms with Gasteiger partial charge in [0.2, 0.25) is 0 Å². The SMILES string of the molecule is C#CCC(N)C(CC)OC. The molecule has 0 aromatic carbocycles. The summed E-state index contributed by atoms with van der Waals surface area (Å²) in [5, 5.41) is 0. The fourth-order valence-electron chi connectivity index (χ4n) is 0.912. The van der Waals surface area contributed by atoms with Gasteiger partial charge in [0, 0.05) is 19.6 Å². The fraction of sp³-hybridized carbons (Fsp3) is 0.750. The second-order valence-electron chi connectivity index (χ2n) is 2.25. The zero-order valence-electron chi connectivity index (χ0n) is 6.63. The van der Waals surface area contributed by atoms with Crippen LogP contribution in [-0.4, -0.2) is 19.3 Å². The first-order valence-corrected chi connectivity index (χ1v) is 3.48. The number of terminal acetylenes is 1. The molecule has 0 amide bonds. The van der Waals surface area contributed by atoms with Crippen LogP contribution in [0.4, 0.5) is 0 Å². The van der Waals surface area contributed by atoms with Crippen LogP contribution in [0.1, 0.15) is 19.8 Å². The summed E-state index contributed by atoms with van der Waals surface area (Å²) in [5.74, 6) is 2.51. The van der Waals surface area contributed by atoms with E-state index < -0.39 is 0 Å². The van der Waals surface area contributed by atoms with Gasteiger partial charge in [-0.1, -0.05) is 6.92 Å². The summed E-state index contributed by atoms with van der Waals surface area (Å²) in [6.45, 7) is 2.03. The Hall–Kier alpha value is -0.520. The van der Waals surface area contributed by atoms with Crippen LogP contribution in [0.5, 0.6) is 0 Å². The van der Waals surface area contributed by atoms with Crippen LogP contribution in [0.25, 0.3) is 0 Å². The van der Waals surface area contributed by atoms with Gasteiger partial charge in [0.25, 0.3) is 0 Å². The maximum atomic E-state index is 5.68. The van der Waals surface area contributed by atoms with E-state index in [0.29, 0.717) is 6.42 Å². The number of rotatable bonds is 4. The Morgan fingerprint density at radius 3 is 2.60 bits per heavy atom. The quantitative estimate of drug-likeness (QED) is 0.587. The first-order valence-electron chi connectivity index (χ1n) is 3.48. The van der Waals surface area contributed by atoms with Gasteiger partial charge in [0.1, 0.15) is 0 Å². The average Bonchev–Trinajstić information content (AvgIpc) is 1.91. The molecule has 0 aromatic rings. The molecule has 0 saturated carbocycles. The third-order valence-corrected chi connectivity index (χ3v) is 1.54. The van der Waals surface area contributed by atoms with E-state index in [0.717, 1.165) is 6.42 Å². The van der Waals surface area contributed by atoms with E-state index in [2.05, 4.69) is 5.92 Å². The van der Waals surface area contributed by atoms with Crippen molar-refractivity contribution in [3.05, 3.63) is 0 Å². The molecule has 0 aliphatic rings. The van der Waals surface area contributed by atoms with Gasteiger partial charge in [-0.2, -0.15) is 0 Å². The number of methoxy groups -OCH3 is 1. The normalized spacial score (nSPS) is 15.8. The average molecular weight is 141 g/mol. The predicted octanol–water partition coefficient (Wildman–Crippen LogP) is 0.762. The zero-order chi connectivity index (χ0) is 7.98. The Kier molecular flexibility index (Phi) is 5.00. The maximum absolute atomic E-state index is 5.68. The summed E-state index contributed by atoms with van der Waals surface area (Å²) in [6.07, 6.45) is 6.70. The highest BCUT2D eigenvalue weighted by Crippen LogP contribution is 2.03. The van der Waals surface area contributed by atoms with Crippen molar-refractivity contribution in [1.29, 1.82) is 0 Å². The second-order valence-corrected chi connectivity index (χ2v) is 2.25. The fourth-order valence-corrected chi connectivity index (χ4v) is 0.912. The minimum atomic E-state index is -0.0139. The van der Waals surface area contributed by atoms with Crippen LogP contribution in [0.3, 0.4) is 0 Å². The molecule has 2 unspecified atom stereocenters. The molecule has 10 heavy (non-hydrogen) atoms. The molecule has 0 aliphatic heterocycles. The molecule has 0 spiro atoms. The topological polar surface area (TPSA) is 35.2 Å². The van der Waals surface area contributed by atoms with Crippen LogP contribution in [0, 0.1) is 12.3 Å². The Balaban J connectivity index is 3.66. The summed E-state index contributed by atoms with van der Waals surface area (Å²) >= 11 is 0. The van der Waals surface area contributed by atoms with E-state index in [-0.39, 0.29) is 12.1 Å². The monoisotopic (exact) mass is 141 g/mol. The Morgan fingerprint density at radius 1 is 1.70 bits per heavy atom. The van der Waals surface area contributed by atoms with Gasteiger partial charge in [-0.05, 0) is 6.42 Å². The predicted molar refractivity (Wildman–Crippen MR) is 42.5 cm³/mol. The highest BCUT2D eigenvalue weighted by molar-refractivity contribution is 4.91. The Bertz CT molecular complexity index is 113. The van der Waals surface area contributed by atoms with Gasteiger partial charge in [0.15, 0.2) is 0 Å². The minimum Gasteiger partial charge on any atom is -0.380 e. The summed E-state index contributed by atoms with van der Waals surface area (Å²) in [6, 6.07) is -0.0139. The number of nitrogens with two attached hydrogens (primary N) is 1. The maximum Gasteiger partial charge on any atom is 0.0728 e. The summed E-state index contributed by atoms with van der Waals surface area (Å²) in [7, 11) is 1.66. The Labute approximate surface area is 62.7 Å². The lowest BCUT2D eigenvalue weighted by atomic mass is 10.1. The van der Waals surface area contributed by atoms with Crippen molar-refractivity contribution in [3.63, 3.8) is 0 Å². The number of hydrogen-bond donors (Lipinski definition) is 1. The molecule has 0 saturated heterocycles. The smallest absolute Gasteiger partial charge is 0.0728 e. The summed E-state index contributed by atoms with van der Waals surface area (Å²) in [5.41, 5.74) is 5.68. The Morgan fingerprint density at radius 2 is 2.30 bits per heavy atom. The molecule has 0 heterocycles. The largest absolute Gasteiger partial charge is 0.380 e. The summed E-state index contributed by atoms with van der Waals surface area (Å²) in [4.78, 5) is 0. The molecule has 2 N–H and O–H groups in total. The van der Waals surface area contributed by atoms with E-state index in [4.69, 9.17) is 16.9 Å². The highest BCUT2D eigenvalue weighted by Gasteiger charge is 2.12. The van der Waals surface area contributed by atoms with Gasteiger partial charge in [-0.15, -0.1) is 12.3 Å². The highest BCUT2D eigenvalue weighted by atomic mass is 16.5. The summed E-state index contributed by atoms with van der Waals surface area (Å²) < 4.78 is 5.09. The van der Waals surface area contributed by atoms with Gasteiger partial charge < -0.3 is 10.5 Å². The van der Waals surface area contributed by atoms with E-state index in [1.54, 1.807) is 7.11 Å². The second kappa shape index (κ2) is 5.28. The molecule has 0 fully saturated rings.